The number of amides is 2. The lowest BCUT2D eigenvalue weighted by Crippen LogP contribution is -2.40. The molecule has 6 heteroatoms. The Hall–Kier alpha value is -1.30. The van der Waals surface area contributed by atoms with Crippen molar-refractivity contribution < 1.29 is 14.7 Å². The monoisotopic (exact) mass is 273 g/mol. The molecule has 0 heterocycles. The molecule has 0 radical (unpaired) electrons. The Labute approximate surface area is 115 Å². The lowest BCUT2D eigenvalue weighted by atomic mass is 10.1. The van der Waals surface area contributed by atoms with Gasteiger partial charge in [0.2, 0.25) is 0 Å². The summed E-state index contributed by atoms with van der Waals surface area (Å²) in [6, 6.07) is 0.196. The number of nitrogens with one attached hydrogen (secondary N) is 2. The molecule has 0 bridgehead atoms. The number of hydrogen-bond donors (Lipinski definition) is 3. The second kappa shape index (κ2) is 9.61. The molecule has 2 amide bonds. The largest absolute Gasteiger partial charge is 0.481 e. The fourth-order valence-corrected chi connectivity index (χ4v) is 1.47. The van der Waals surface area contributed by atoms with E-state index in [0.717, 1.165) is 13.0 Å². The molecule has 112 valence electrons. The molecule has 1 unspecified atom stereocenters. The van der Waals surface area contributed by atoms with Gasteiger partial charge in [-0.15, -0.1) is 0 Å². The van der Waals surface area contributed by atoms with Crippen molar-refractivity contribution in [3.63, 3.8) is 0 Å². The van der Waals surface area contributed by atoms with Crippen LogP contribution in [0, 0.1) is 5.92 Å². The number of urea groups is 1. The molecule has 0 aliphatic heterocycles. The molecular formula is C13H27N3O3. The number of aliphatic carboxylic acids is 1. The predicted octanol–water partition coefficient (Wildman–Crippen LogP) is 1.13. The van der Waals surface area contributed by atoms with Crippen LogP contribution < -0.4 is 10.6 Å². The minimum absolute atomic E-state index is 0.170. The van der Waals surface area contributed by atoms with Gasteiger partial charge in [0, 0.05) is 19.1 Å². The summed E-state index contributed by atoms with van der Waals surface area (Å²) in [6.45, 7) is 7.72. The highest BCUT2D eigenvalue weighted by atomic mass is 16.4. The van der Waals surface area contributed by atoms with Crippen molar-refractivity contribution in [1.29, 1.82) is 0 Å². The maximum atomic E-state index is 11.4. The number of carboxylic acids is 1. The summed E-state index contributed by atoms with van der Waals surface area (Å²) in [7, 11) is 2.05. The number of carbonyl (C=O) groups excluding carboxylic acids is 1. The van der Waals surface area contributed by atoms with E-state index in [9.17, 15) is 9.59 Å². The second-order valence-electron chi connectivity index (χ2n) is 5.01. The maximum Gasteiger partial charge on any atom is 0.314 e. The van der Waals surface area contributed by atoms with Gasteiger partial charge < -0.3 is 20.6 Å². The van der Waals surface area contributed by atoms with Crippen molar-refractivity contribution >= 4 is 12.0 Å². The highest BCUT2D eigenvalue weighted by Gasteiger charge is 2.15. The first-order chi connectivity index (χ1) is 8.88. The lowest BCUT2D eigenvalue weighted by molar-refractivity contribution is -0.141. The Kier molecular flexibility index (Phi) is 8.95. The normalized spacial score (nSPS) is 12.5. The number of hydrogen-bond acceptors (Lipinski definition) is 3. The van der Waals surface area contributed by atoms with Gasteiger partial charge in [-0.25, -0.2) is 4.79 Å². The number of carbonyl (C=O) groups is 2. The lowest BCUT2D eigenvalue weighted by Gasteiger charge is -2.20. The van der Waals surface area contributed by atoms with Crippen molar-refractivity contribution in [1.82, 2.24) is 15.5 Å². The Morgan fingerprint density at radius 2 is 1.89 bits per heavy atom. The van der Waals surface area contributed by atoms with E-state index in [-0.39, 0.29) is 12.6 Å². The minimum Gasteiger partial charge on any atom is -0.481 e. The van der Waals surface area contributed by atoms with E-state index in [4.69, 9.17) is 5.11 Å². The molecule has 0 aromatic rings. The van der Waals surface area contributed by atoms with E-state index in [1.807, 2.05) is 7.05 Å². The van der Waals surface area contributed by atoms with E-state index < -0.39 is 11.9 Å². The van der Waals surface area contributed by atoms with E-state index in [2.05, 4.69) is 29.4 Å². The van der Waals surface area contributed by atoms with Gasteiger partial charge in [0.1, 0.15) is 0 Å². The van der Waals surface area contributed by atoms with Crippen molar-refractivity contribution in [2.24, 2.45) is 5.92 Å². The van der Waals surface area contributed by atoms with Crippen LogP contribution in [0.2, 0.25) is 0 Å². The number of carboxylic acid groups (broad SMARTS) is 1. The van der Waals surface area contributed by atoms with Gasteiger partial charge in [-0.2, -0.15) is 0 Å². The first-order valence-electron chi connectivity index (χ1n) is 6.83. The molecule has 0 fully saturated rings. The van der Waals surface area contributed by atoms with Crippen LogP contribution in [0.4, 0.5) is 4.79 Å². The zero-order valence-corrected chi connectivity index (χ0v) is 12.4. The Morgan fingerprint density at radius 1 is 1.26 bits per heavy atom. The van der Waals surface area contributed by atoms with Crippen molar-refractivity contribution in [3.8, 4) is 0 Å². The van der Waals surface area contributed by atoms with Gasteiger partial charge in [-0.1, -0.05) is 6.92 Å². The smallest absolute Gasteiger partial charge is 0.314 e. The summed E-state index contributed by atoms with van der Waals surface area (Å²) in [4.78, 5) is 24.4. The van der Waals surface area contributed by atoms with Crippen LogP contribution in [0.3, 0.4) is 0 Å². The molecule has 0 aliphatic rings. The van der Waals surface area contributed by atoms with Gasteiger partial charge in [0.15, 0.2) is 0 Å². The average molecular weight is 273 g/mol. The number of rotatable bonds is 9. The molecule has 0 aliphatic carbocycles. The van der Waals surface area contributed by atoms with Crippen LogP contribution in [0.25, 0.3) is 0 Å². The topological polar surface area (TPSA) is 81.7 Å². The molecule has 3 N–H and O–H groups in total. The van der Waals surface area contributed by atoms with Gasteiger partial charge >= 0.3 is 12.0 Å². The van der Waals surface area contributed by atoms with Gasteiger partial charge in [-0.05, 0) is 40.3 Å². The second-order valence-corrected chi connectivity index (χ2v) is 5.01. The molecule has 0 aromatic heterocycles. The average Bonchev–Trinajstić information content (AvgIpc) is 2.34. The summed E-state index contributed by atoms with van der Waals surface area (Å²) in [6.07, 6.45) is 1.38. The third-order valence-electron chi connectivity index (χ3n) is 3.21. The highest BCUT2D eigenvalue weighted by molar-refractivity contribution is 5.75. The summed E-state index contributed by atoms with van der Waals surface area (Å²) in [5.74, 6) is -1.39. The third-order valence-corrected chi connectivity index (χ3v) is 3.21. The van der Waals surface area contributed by atoms with Crippen molar-refractivity contribution in [2.75, 3.05) is 26.7 Å². The van der Waals surface area contributed by atoms with E-state index in [1.54, 1.807) is 6.92 Å². The number of nitrogens with zero attached hydrogens (tertiary/aromatic N) is 1. The molecular weight excluding hydrogens is 246 g/mol. The standard InChI is InChI=1S/C13H27N3O3/c1-5-11(12(17)18)9-15-13(19)14-7-6-8-16(4)10(2)3/h10-11H,5-9H2,1-4H3,(H,17,18)(H2,14,15,19). The molecule has 0 saturated heterocycles. The molecule has 19 heavy (non-hydrogen) atoms. The van der Waals surface area contributed by atoms with Crippen LogP contribution in [0.15, 0.2) is 0 Å². The molecule has 1 atom stereocenters. The fraction of sp³-hybridized carbons (Fsp3) is 0.846. The molecule has 0 spiro atoms. The molecule has 0 aromatic carbocycles. The summed E-state index contributed by atoms with van der Waals surface area (Å²) in [5.41, 5.74) is 0. The Morgan fingerprint density at radius 3 is 2.37 bits per heavy atom. The third kappa shape index (κ3) is 8.42. The molecule has 0 rings (SSSR count). The van der Waals surface area contributed by atoms with Gasteiger partial charge in [0.05, 0.1) is 5.92 Å². The van der Waals surface area contributed by atoms with Crippen molar-refractivity contribution in [2.45, 2.75) is 39.7 Å². The predicted molar refractivity (Wildman–Crippen MR) is 75.2 cm³/mol. The van der Waals surface area contributed by atoms with Gasteiger partial charge in [-0.3, -0.25) is 4.79 Å². The Balaban J connectivity index is 3.68. The van der Waals surface area contributed by atoms with Crippen LogP contribution in [0.1, 0.15) is 33.6 Å². The van der Waals surface area contributed by atoms with E-state index >= 15 is 0 Å². The summed E-state index contributed by atoms with van der Waals surface area (Å²) >= 11 is 0. The Bertz CT molecular complexity index is 282. The van der Waals surface area contributed by atoms with E-state index in [1.165, 1.54) is 0 Å². The van der Waals surface area contributed by atoms with Gasteiger partial charge in [0.25, 0.3) is 0 Å². The quantitative estimate of drug-likeness (QED) is 0.550. The van der Waals surface area contributed by atoms with E-state index in [0.29, 0.717) is 19.0 Å². The molecule has 6 nitrogen and oxygen atoms in total. The van der Waals surface area contributed by atoms with Crippen LogP contribution in [-0.4, -0.2) is 54.7 Å². The molecule has 0 saturated carbocycles. The first-order valence-corrected chi connectivity index (χ1v) is 6.83. The minimum atomic E-state index is -0.874. The maximum absolute atomic E-state index is 11.4. The summed E-state index contributed by atoms with van der Waals surface area (Å²) in [5, 5.41) is 14.1. The van der Waals surface area contributed by atoms with Crippen LogP contribution in [0.5, 0.6) is 0 Å². The fourth-order valence-electron chi connectivity index (χ4n) is 1.47. The van der Waals surface area contributed by atoms with Crippen LogP contribution >= 0.6 is 0 Å². The SMILES string of the molecule is CCC(CNC(=O)NCCCN(C)C(C)C)C(=O)O. The van der Waals surface area contributed by atoms with Crippen LogP contribution in [-0.2, 0) is 4.79 Å². The zero-order valence-electron chi connectivity index (χ0n) is 12.4. The highest BCUT2D eigenvalue weighted by Crippen LogP contribution is 2.00. The summed E-state index contributed by atoms with van der Waals surface area (Å²) < 4.78 is 0. The first kappa shape index (κ1) is 17.7. The zero-order chi connectivity index (χ0) is 14.8. The van der Waals surface area contributed by atoms with Crippen molar-refractivity contribution in [3.05, 3.63) is 0 Å².